The summed E-state index contributed by atoms with van der Waals surface area (Å²) in [5.74, 6) is 0.724. The lowest BCUT2D eigenvalue weighted by Gasteiger charge is -2.07. The fourth-order valence-electron chi connectivity index (χ4n) is 1.85. The second kappa shape index (κ2) is 8.51. The minimum absolute atomic E-state index is 0.122. The van der Waals surface area contributed by atoms with E-state index in [0.717, 1.165) is 3.57 Å². The number of methoxy groups -OCH3 is 2. The van der Waals surface area contributed by atoms with E-state index in [0.29, 0.717) is 26.2 Å². The number of ether oxygens (including phenoxy) is 2. The lowest BCUT2D eigenvalue weighted by Crippen LogP contribution is -2.17. The van der Waals surface area contributed by atoms with Crippen LogP contribution in [0.25, 0.3) is 0 Å². The number of aromatic hydroxyl groups is 1. The summed E-state index contributed by atoms with van der Waals surface area (Å²) in [5.41, 5.74) is 3.29. The van der Waals surface area contributed by atoms with Gasteiger partial charge in [0.05, 0.1) is 24.0 Å². The molecule has 2 N–H and O–H groups in total. The number of hydrazone groups is 1. The summed E-state index contributed by atoms with van der Waals surface area (Å²) in [7, 11) is 3.02. The van der Waals surface area contributed by atoms with Gasteiger partial charge in [-0.3, -0.25) is 4.79 Å². The van der Waals surface area contributed by atoms with Crippen molar-refractivity contribution in [2.75, 3.05) is 14.2 Å². The minimum atomic E-state index is -0.414. The van der Waals surface area contributed by atoms with Gasteiger partial charge in [-0.25, -0.2) is 5.43 Å². The van der Waals surface area contributed by atoms with E-state index in [1.165, 1.54) is 20.4 Å². The molecule has 0 fully saturated rings. The number of rotatable bonds is 5. The third-order valence-corrected chi connectivity index (χ3v) is 4.49. The number of carbonyl (C=O) groups excluding carboxylic acids is 1. The normalized spacial score (nSPS) is 10.7. The van der Waals surface area contributed by atoms with Crippen LogP contribution in [0.15, 0.2) is 35.4 Å². The van der Waals surface area contributed by atoms with Gasteiger partial charge in [0.15, 0.2) is 0 Å². The first kappa shape index (κ1) is 18.8. The summed E-state index contributed by atoms with van der Waals surface area (Å²) in [4.78, 5) is 12.2. The first-order valence-electron chi connectivity index (χ1n) is 6.69. The van der Waals surface area contributed by atoms with E-state index in [2.05, 4.69) is 33.1 Å². The van der Waals surface area contributed by atoms with Gasteiger partial charge < -0.3 is 14.6 Å². The molecule has 0 atom stereocenters. The smallest absolute Gasteiger partial charge is 0.271 e. The predicted octanol–water partition coefficient (Wildman–Crippen LogP) is 3.38. The number of benzene rings is 2. The van der Waals surface area contributed by atoms with Crippen LogP contribution in [0.4, 0.5) is 0 Å². The molecule has 8 heteroatoms. The largest absolute Gasteiger partial charge is 0.506 e. The molecule has 2 rings (SSSR count). The van der Waals surface area contributed by atoms with Crippen molar-refractivity contribution in [3.8, 4) is 17.2 Å². The van der Waals surface area contributed by atoms with Crippen LogP contribution >= 0.6 is 45.2 Å². The quantitative estimate of drug-likeness (QED) is 0.339. The van der Waals surface area contributed by atoms with E-state index in [1.54, 1.807) is 24.3 Å². The molecule has 24 heavy (non-hydrogen) atoms. The van der Waals surface area contributed by atoms with Crippen LogP contribution in [0.5, 0.6) is 17.2 Å². The van der Waals surface area contributed by atoms with Crippen LogP contribution in [0.3, 0.4) is 0 Å². The second-order valence-corrected chi connectivity index (χ2v) is 7.03. The Labute approximate surface area is 166 Å². The molecule has 0 saturated heterocycles. The number of amides is 1. The molecule has 0 heterocycles. The van der Waals surface area contributed by atoms with Crippen molar-refractivity contribution in [3.63, 3.8) is 0 Å². The second-order valence-electron chi connectivity index (χ2n) is 4.63. The maximum absolute atomic E-state index is 12.2. The Morgan fingerprint density at radius 1 is 1.12 bits per heavy atom. The Morgan fingerprint density at radius 3 is 2.33 bits per heavy atom. The first-order valence-corrected chi connectivity index (χ1v) is 8.85. The molecule has 0 unspecified atom stereocenters. The van der Waals surface area contributed by atoms with Gasteiger partial charge in [-0.05, 0) is 69.4 Å². The number of halogens is 2. The molecular weight excluding hydrogens is 538 g/mol. The summed E-state index contributed by atoms with van der Waals surface area (Å²) >= 11 is 4.18. The third-order valence-electron chi connectivity index (χ3n) is 3.04. The standard InChI is InChI=1S/C16H14I2N2O4/c1-23-12-4-9(5-13(7-12)24-2)16(22)20-19-8-10-3-11(17)6-14(18)15(10)21/h3-8,21H,1-2H3,(H,20,22)/b19-8-. The Bertz CT molecular complexity index is 772. The van der Waals surface area contributed by atoms with Crippen LogP contribution in [0.2, 0.25) is 0 Å². The highest BCUT2D eigenvalue weighted by Gasteiger charge is 2.10. The summed E-state index contributed by atoms with van der Waals surface area (Å²) in [6, 6.07) is 8.45. The van der Waals surface area contributed by atoms with E-state index in [9.17, 15) is 9.90 Å². The van der Waals surface area contributed by atoms with Crippen LogP contribution in [-0.2, 0) is 0 Å². The number of carbonyl (C=O) groups is 1. The van der Waals surface area contributed by atoms with Crippen molar-refractivity contribution in [1.29, 1.82) is 0 Å². The molecule has 0 bridgehead atoms. The van der Waals surface area contributed by atoms with Gasteiger partial charge in [-0.1, -0.05) is 0 Å². The van der Waals surface area contributed by atoms with Crippen molar-refractivity contribution in [2.24, 2.45) is 5.10 Å². The number of hydrogen-bond acceptors (Lipinski definition) is 5. The van der Waals surface area contributed by atoms with Crippen molar-refractivity contribution >= 4 is 57.3 Å². The number of nitrogens with zero attached hydrogens (tertiary/aromatic N) is 1. The van der Waals surface area contributed by atoms with Crippen LogP contribution in [0.1, 0.15) is 15.9 Å². The molecule has 1 amide bonds. The molecule has 126 valence electrons. The van der Waals surface area contributed by atoms with E-state index in [-0.39, 0.29) is 5.75 Å². The zero-order valence-corrected chi connectivity index (χ0v) is 17.2. The van der Waals surface area contributed by atoms with Gasteiger partial charge in [0, 0.05) is 20.8 Å². The highest BCUT2D eigenvalue weighted by molar-refractivity contribution is 14.1. The molecule has 2 aromatic rings. The summed E-state index contributed by atoms with van der Waals surface area (Å²) in [5, 5.41) is 13.9. The lowest BCUT2D eigenvalue weighted by atomic mass is 10.2. The SMILES string of the molecule is COc1cc(OC)cc(C(=O)N/N=C\c2cc(I)cc(I)c2O)c1. The highest BCUT2D eigenvalue weighted by atomic mass is 127. The summed E-state index contributed by atoms with van der Waals surface area (Å²) in [6.07, 6.45) is 1.40. The molecule has 0 aliphatic heterocycles. The fourth-order valence-corrected chi connectivity index (χ4v) is 3.74. The van der Waals surface area contributed by atoms with E-state index < -0.39 is 5.91 Å². The average molecular weight is 552 g/mol. The number of hydrogen-bond donors (Lipinski definition) is 2. The average Bonchev–Trinajstić information content (AvgIpc) is 2.58. The summed E-state index contributed by atoms with van der Waals surface area (Å²) in [6.45, 7) is 0. The van der Waals surface area contributed by atoms with Crippen LogP contribution < -0.4 is 14.9 Å². The van der Waals surface area contributed by atoms with Gasteiger partial charge in [-0.2, -0.15) is 5.10 Å². The monoisotopic (exact) mass is 552 g/mol. The van der Waals surface area contributed by atoms with Gasteiger partial charge in [-0.15, -0.1) is 0 Å². The fraction of sp³-hybridized carbons (Fsp3) is 0.125. The number of phenolic OH excluding ortho intramolecular Hbond substituents is 1. The molecule has 0 radical (unpaired) electrons. The maximum Gasteiger partial charge on any atom is 0.271 e. The van der Waals surface area contributed by atoms with Crippen LogP contribution in [-0.4, -0.2) is 31.4 Å². The molecule has 0 saturated carbocycles. The van der Waals surface area contributed by atoms with E-state index in [1.807, 2.05) is 28.7 Å². The Morgan fingerprint density at radius 2 is 1.75 bits per heavy atom. The number of phenols is 1. The number of nitrogens with one attached hydrogen (secondary N) is 1. The zero-order chi connectivity index (χ0) is 17.7. The van der Waals surface area contributed by atoms with Gasteiger partial charge in [0.2, 0.25) is 0 Å². The van der Waals surface area contributed by atoms with Gasteiger partial charge in [0.25, 0.3) is 5.91 Å². The van der Waals surface area contributed by atoms with E-state index >= 15 is 0 Å². The molecule has 6 nitrogen and oxygen atoms in total. The first-order chi connectivity index (χ1) is 11.4. The Kier molecular flexibility index (Phi) is 6.66. The Balaban J connectivity index is 2.16. The third kappa shape index (κ3) is 4.72. The van der Waals surface area contributed by atoms with Crippen LogP contribution in [0, 0.1) is 7.14 Å². The van der Waals surface area contributed by atoms with Gasteiger partial charge >= 0.3 is 0 Å². The highest BCUT2D eigenvalue weighted by Crippen LogP contribution is 2.26. The van der Waals surface area contributed by atoms with E-state index in [4.69, 9.17) is 9.47 Å². The van der Waals surface area contributed by atoms with Crippen molar-refractivity contribution < 1.29 is 19.4 Å². The molecular formula is C16H14I2N2O4. The molecule has 2 aromatic carbocycles. The Hall–Kier alpha value is -1.56. The van der Waals surface area contributed by atoms with Gasteiger partial charge in [0.1, 0.15) is 17.2 Å². The minimum Gasteiger partial charge on any atom is -0.506 e. The molecule has 0 spiro atoms. The maximum atomic E-state index is 12.2. The van der Waals surface area contributed by atoms with Crippen molar-refractivity contribution in [2.45, 2.75) is 0 Å². The predicted molar refractivity (Wildman–Crippen MR) is 108 cm³/mol. The topological polar surface area (TPSA) is 80.2 Å². The van der Waals surface area contributed by atoms with Crippen molar-refractivity contribution in [3.05, 3.63) is 48.6 Å². The van der Waals surface area contributed by atoms with Crippen molar-refractivity contribution in [1.82, 2.24) is 5.43 Å². The summed E-state index contributed by atoms with van der Waals surface area (Å²) < 4.78 is 11.9. The molecule has 0 aliphatic carbocycles. The zero-order valence-electron chi connectivity index (χ0n) is 12.8. The molecule has 0 aromatic heterocycles. The lowest BCUT2D eigenvalue weighted by molar-refractivity contribution is 0.0954. The molecule has 0 aliphatic rings.